The Bertz CT molecular complexity index is 1060. The first-order valence-electron chi connectivity index (χ1n) is 11.7. The largest absolute Gasteiger partial charge is 0.461 e. The van der Waals surface area contributed by atoms with Crippen molar-refractivity contribution in [1.29, 1.82) is 0 Å². The Balaban J connectivity index is 1.72. The molecule has 0 saturated carbocycles. The van der Waals surface area contributed by atoms with E-state index in [1.165, 1.54) is 28.8 Å². The number of anilines is 1. The first kappa shape index (κ1) is 22.6. The van der Waals surface area contributed by atoms with Crippen molar-refractivity contribution < 1.29 is 4.74 Å². The van der Waals surface area contributed by atoms with Gasteiger partial charge >= 0.3 is 0 Å². The lowest BCUT2D eigenvalue weighted by atomic mass is 9.71. The van der Waals surface area contributed by atoms with E-state index in [1.54, 1.807) is 0 Å². The highest BCUT2D eigenvalue weighted by atomic mass is 16.5. The Morgan fingerprint density at radius 1 is 1.06 bits per heavy atom. The monoisotopic (exact) mass is 433 g/mol. The molecule has 32 heavy (non-hydrogen) atoms. The summed E-state index contributed by atoms with van der Waals surface area (Å²) in [5.74, 6) is 1.93. The van der Waals surface area contributed by atoms with E-state index in [1.807, 2.05) is 18.2 Å². The average molecular weight is 434 g/mol. The number of rotatable bonds is 2. The molecule has 0 amide bonds. The molecule has 0 bridgehead atoms. The summed E-state index contributed by atoms with van der Waals surface area (Å²) in [5, 5.41) is 0. The molecular formula is C28H39N3O. The minimum absolute atomic E-state index is 0.136. The lowest BCUT2D eigenvalue weighted by Crippen LogP contribution is -2.46. The van der Waals surface area contributed by atoms with Gasteiger partial charge < -0.3 is 21.1 Å². The number of nitrogens with two attached hydrogens (primary N) is 2. The molecule has 1 aromatic rings. The average Bonchev–Trinajstić information content (AvgIpc) is 2.67. The van der Waals surface area contributed by atoms with Gasteiger partial charge in [0.15, 0.2) is 0 Å². The normalized spacial score (nSPS) is 21.6. The van der Waals surface area contributed by atoms with Crippen molar-refractivity contribution in [3.63, 3.8) is 0 Å². The van der Waals surface area contributed by atoms with Crippen LogP contribution in [0.2, 0.25) is 0 Å². The molecule has 4 heteroatoms. The van der Waals surface area contributed by atoms with Gasteiger partial charge in [0, 0.05) is 29.8 Å². The van der Waals surface area contributed by atoms with E-state index < -0.39 is 0 Å². The smallest absolute Gasteiger partial charge is 0.127 e. The standard InChI is InChI=1S/C28H39N3O/c1-26(2,3)23-15-19(25(29)30)14-21(32-23)9-8-18-12-20-16-27(4,5)17-31-11-10-28(6,7)22(13-18)24(20)31/h8-9,12-15H,10-11,16-17,29-30H2,1-7H3/b9-8+. The number of benzene rings is 1. The van der Waals surface area contributed by atoms with Crippen LogP contribution >= 0.6 is 0 Å². The Labute approximate surface area is 193 Å². The van der Waals surface area contributed by atoms with Crippen LogP contribution in [0.4, 0.5) is 5.69 Å². The van der Waals surface area contributed by atoms with E-state index in [0.717, 1.165) is 36.6 Å². The van der Waals surface area contributed by atoms with Crippen LogP contribution in [0, 0.1) is 10.8 Å². The summed E-state index contributed by atoms with van der Waals surface area (Å²) in [6, 6.07) is 4.74. The maximum atomic E-state index is 6.21. The van der Waals surface area contributed by atoms with E-state index in [0.29, 0.717) is 5.82 Å². The van der Waals surface area contributed by atoms with Gasteiger partial charge in [0.2, 0.25) is 0 Å². The van der Waals surface area contributed by atoms with Crippen LogP contribution in [-0.2, 0) is 16.6 Å². The van der Waals surface area contributed by atoms with E-state index in [4.69, 9.17) is 16.2 Å². The summed E-state index contributed by atoms with van der Waals surface area (Å²) in [6.45, 7) is 18.2. The minimum atomic E-state index is -0.136. The molecule has 0 spiro atoms. The zero-order valence-electron chi connectivity index (χ0n) is 20.8. The van der Waals surface area contributed by atoms with Crippen LogP contribution in [0.1, 0.15) is 71.6 Å². The van der Waals surface area contributed by atoms with Crippen molar-refractivity contribution in [2.24, 2.45) is 22.3 Å². The third-order valence-electron chi connectivity index (χ3n) is 6.88. The Morgan fingerprint density at radius 2 is 1.78 bits per heavy atom. The quantitative estimate of drug-likeness (QED) is 0.624. The van der Waals surface area contributed by atoms with Gasteiger partial charge in [-0.25, -0.2) is 0 Å². The first-order chi connectivity index (χ1) is 14.7. The van der Waals surface area contributed by atoms with Crippen molar-refractivity contribution in [2.75, 3.05) is 18.0 Å². The van der Waals surface area contributed by atoms with Crippen molar-refractivity contribution in [1.82, 2.24) is 0 Å². The highest BCUT2D eigenvalue weighted by Gasteiger charge is 2.39. The summed E-state index contributed by atoms with van der Waals surface area (Å²) in [5.41, 5.74) is 18.6. The molecular weight excluding hydrogens is 394 g/mol. The number of ether oxygens (including phenoxy) is 1. The minimum Gasteiger partial charge on any atom is -0.461 e. The third-order valence-corrected chi connectivity index (χ3v) is 6.88. The lowest BCUT2D eigenvalue weighted by molar-refractivity contribution is 0.223. The molecule has 172 valence electrons. The zero-order chi connectivity index (χ0) is 23.5. The van der Waals surface area contributed by atoms with E-state index in [9.17, 15) is 0 Å². The number of hydrogen-bond acceptors (Lipinski definition) is 4. The number of nitrogens with zero attached hydrogens (tertiary/aromatic N) is 1. The third kappa shape index (κ3) is 4.32. The highest BCUT2D eigenvalue weighted by molar-refractivity contribution is 5.70. The molecule has 0 saturated heterocycles. The van der Waals surface area contributed by atoms with Gasteiger partial charge in [-0.15, -0.1) is 0 Å². The number of hydrogen-bond donors (Lipinski definition) is 2. The van der Waals surface area contributed by atoms with Gasteiger partial charge in [0.05, 0.1) is 0 Å². The second-order valence-corrected chi connectivity index (χ2v) is 12.1. The van der Waals surface area contributed by atoms with Crippen LogP contribution in [0.5, 0.6) is 0 Å². The predicted octanol–water partition coefficient (Wildman–Crippen LogP) is 5.74. The number of allylic oxidation sites excluding steroid dienone is 5. The van der Waals surface area contributed by atoms with Crippen molar-refractivity contribution >= 4 is 11.8 Å². The lowest BCUT2D eigenvalue weighted by Gasteiger charge is -2.48. The molecule has 4 nitrogen and oxygen atoms in total. The highest BCUT2D eigenvalue weighted by Crippen LogP contribution is 2.47. The van der Waals surface area contributed by atoms with Crippen LogP contribution < -0.4 is 16.4 Å². The molecule has 3 heterocycles. The molecule has 4 N–H and O–H groups in total. The van der Waals surface area contributed by atoms with Crippen molar-refractivity contribution in [2.45, 2.75) is 66.7 Å². The summed E-state index contributed by atoms with van der Waals surface area (Å²) in [4.78, 5) is 2.61. The van der Waals surface area contributed by atoms with Gasteiger partial charge in [-0.1, -0.05) is 54.5 Å². The second-order valence-electron chi connectivity index (χ2n) is 12.1. The zero-order valence-corrected chi connectivity index (χ0v) is 20.8. The van der Waals surface area contributed by atoms with Crippen molar-refractivity contribution in [3.05, 3.63) is 70.0 Å². The van der Waals surface area contributed by atoms with E-state index in [-0.39, 0.29) is 16.2 Å². The van der Waals surface area contributed by atoms with Crippen LogP contribution in [0.15, 0.2) is 53.3 Å². The van der Waals surface area contributed by atoms with Gasteiger partial charge in [0.1, 0.15) is 17.3 Å². The molecule has 0 fully saturated rings. The van der Waals surface area contributed by atoms with Crippen LogP contribution in [0.25, 0.3) is 6.08 Å². The summed E-state index contributed by atoms with van der Waals surface area (Å²) in [7, 11) is 0. The Kier molecular flexibility index (Phi) is 5.27. The van der Waals surface area contributed by atoms with Crippen LogP contribution in [0.3, 0.4) is 0 Å². The molecule has 0 radical (unpaired) electrons. The summed E-state index contributed by atoms with van der Waals surface area (Å²) < 4.78 is 6.21. The Hall–Kier alpha value is -2.62. The fraction of sp³-hybridized carbons (Fsp3) is 0.500. The van der Waals surface area contributed by atoms with Gasteiger partial charge in [-0.3, -0.25) is 0 Å². The van der Waals surface area contributed by atoms with Gasteiger partial charge in [-0.05, 0) is 70.7 Å². The summed E-state index contributed by atoms with van der Waals surface area (Å²) >= 11 is 0. The van der Waals surface area contributed by atoms with Gasteiger partial charge in [-0.2, -0.15) is 0 Å². The summed E-state index contributed by atoms with van der Waals surface area (Å²) in [6.07, 6.45) is 10.3. The first-order valence-corrected chi connectivity index (χ1v) is 11.7. The van der Waals surface area contributed by atoms with Gasteiger partial charge in [0.25, 0.3) is 0 Å². The molecule has 0 atom stereocenters. The van der Waals surface area contributed by atoms with E-state index >= 15 is 0 Å². The fourth-order valence-electron chi connectivity index (χ4n) is 5.07. The molecule has 1 aromatic carbocycles. The molecule has 0 aliphatic carbocycles. The van der Waals surface area contributed by atoms with E-state index in [2.05, 4.69) is 71.6 Å². The molecule has 3 aliphatic heterocycles. The molecule has 3 aliphatic rings. The Morgan fingerprint density at radius 3 is 2.44 bits per heavy atom. The SMILES string of the molecule is CC1(C)Cc2cc(/C=C/C3=CC(=C(N)N)C=C(C(C)(C)C)O3)cc3c2N(CCC3(C)C)C1. The molecule has 0 unspecified atom stereocenters. The van der Waals surface area contributed by atoms with Crippen LogP contribution in [-0.4, -0.2) is 13.1 Å². The second kappa shape index (κ2) is 7.47. The van der Waals surface area contributed by atoms with Crippen molar-refractivity contribution in [3.8, 4) is 0 Å². The topological polar surface area (TPSA) is 64.5 Å². The fourth-order valence-corrected chi connectivity index (χ4v) is 5.07. The molecule has 4 rings (SSSR count). The molecule has 0 aromatic heterocycles. The predicted molar refractivity (Wildman–Crippen MR) is 135 cm³/mol. The maximum absolute atomic E-state index is 6.21. The maximum Gasteiger partial charge on any atom is 0.127 e.